The van der Waals surface area contributed by atoms with E-state index in [0.29, 0.717) is 12.0 Å². The molecule has 2 rings (SSSR count). The minimum Gasteiger partial charge on any atom is -0.311 e. The Balaban J connectivity index is 2.05. The van der Waals surface area contributed by atoms with Crippen LogP contribution in [0, 0.1) is 0 Å². The van der Waals surface area contributed by atoms with Gasteiger partial charge in [-0.3, -0.25) is 0 Å². The zero-order valence-electron chi connectivity index (χ0n) is 9.33. The van der Waals surface area contributed by atoms with Gasteiger partial charge in [-0.1, -0.05) is 36.7 Å². The average molecular weight is 224 g/mol. The molecule has 2 atom stereocenters. The highest BCUT2D eigenvalue weighted by Gasteiger charge is 2.26. The molecule has 0 heterocycles. The van der Waals surface area contributed by atoms with Gasteiger partial charge in [0.2, 0.25) is 0 Å². The molecule has 1 saturated carbocycles. The number of hydrogen-bond donors (Lipinski definition) is 1. The van der Waals surface area contributed by atoms with E-state index in [9.17, 15) is 0 Å². The first-order valence-corrected chi connectivity index (χ1v) is 6.06. The summed E-state index contributed by atoms with van der Waals surface area (Å²) in [6, 6.07) is 9.39. The Hall–Kier alpha value is -0.530. The van der Waals surface area contributed by atoms with Gasteiger partial charge in [-0.05, 0) is 37.3 Å². The van der Waals surface area contributed by atoms with E-state index in [4.69, 9.17) is 11.6 Å². The second-order valence-electron chi connectivity index (χ2n) is 4.54. The van der Waals surface area contributed by atoms with Crippen molar-refractivity contribution in [3.63, 3.8) is 0 Å². The van der Waals surface area contributed by atoms with Crippen LogP contribution >= 0.6 is 11.6 Å². The molecule has 1 aromatic carbocycles. The van der Waals surface area contributed by atoms with E-state index >= 15 is 0 Å². The molecule has 2 unspecified atom stereocenters. The summed E-state index contributed by atoms with van der Waals surface area (Å²) in [6.07, 6.45) is 2.67. The van der Waals surface area contributed by atoms with Crippen LogP contribution < -0.4 is 5.32 Å². The topological polar surface area (TPSA) is 12.0 Å². The normalized spacial score (nSPS) is 19.9. The Morgan fingerprint density at radius 3 is 2.53 bits per heavy atom. The van der Waals surface area contributed by atoms with Crippen LogP contribution in [0.3, 0.4) is 0 Å². The SMILES string of the molecule is CC(NC1CC1)C(C)c1ccccc1Cl. The highest BCUT2D eigenvalue weighted by molar-refractivity contribution is 6.31. The van der Waals surface area contributed by atoms with E-state index < -0.39 is 0 Å². The molecule has 1 nitrogen and oxygen atoms in total. The Kier molecular flexibility index (Phi) is 3.32. The molecule has 1 fully saturated rings. The third kappa shape index (κ3) is 2.73. The number of rotatable bonds is 4. The fraction of sp³-hybridized carbons (Fsp3) is 0.538. The second-order valence-corrected chi connectivity index (χ2v) is 4.95. The summed E-state index contributed by atoms with van der Waals surface area (Å²) in [4.78, 5) is 0. The van der Waals surface area contributed by atoms with Crippen LogP contribution in [0.1, 0.15) is 38.2 Å². The average Bonchev–Trinajstić information content (AvgIpc) is 3.01. The molecule has 0 saturated heterocycles. The van der Waals surface area contributed by atoms with Crippen molar-refractivity contribution in [1.82, 2.24) is 5.32 Å². The minimum atomic E-state index is 0.472. The Morgan fingerprint density at radius 2 is 1.93 bits per heavy atom. The molecule has 2 heteroatoms. The summed E-state index contributed by atoms with van der Waals surface area (Å²) in [5.74, 6) is 0.472. The van der Waals surface area contributed by atoms with Gasteiger partial charge >= 0.3 is 0 Å². The van der Waals surface area contributed by atoms with E-state index in [0.717, 1.165) is 11.1 Å². The molecule has 1 aliphatic carbocycles. The van der Waals surface area contributed by atoms with Crippen molar-refractivity contribution < 1.29 is 0 Å². The lowest BCUT2D eigenvalue weighted by molar-refractivity contribution is 0.478. The van der Waals surface area contributed by atoms with Crippen molar-refractivity contribution in [1.29, 1.82) is 0 Å². The van der Waals surface area contributed by atoms with Gasteiger partial charge in [0.05, 0.1) is 0 Å². The predicted molar refractivity (Wildman–Crippen MR) is 65.5 cm³/mol. The molecule has 1 aliphatic rings. The van der Waals surface area contributed by atoms with Crippen molar-refractivity contribution in [3.8, 4) is 0 Å². The fourth-order valence-corrected chi connectivity index (χ4v) is 2.19. The number of nitrogens with one attached hydrogen (secondary N) is 1. The molecule has 1 N–H and O–H groups in total. The third-order valence-electron chi connectivity index (χ3n) is 3.22. The quantitative estimate of drug-likeness (QED) is 0.823. The zero-order valence-corrected chi connectivity index (χ0v) is 10.1. The summed E-state index contributed by atoms with van der Waals surface area (Å²) >= 11 is 6.19. The second kappa shape index (κ2) is 4.54. The molecule has 15 heavy (non-hydrogen) atoms. The summed E-state index contributed by atoms with van der Waals surface area (Å²) in [7, 11) is 0. The van der Waals surface area contributed by atoms with Gasteiger partial charge in [0, 0.05) is 17.1 Å². The molecule has 0 aromatic heterocycles. The molecule has 0 bridgehead atoms. The van der Waals surface area contributed by atoms with E-state index in [2.05, 4.69) is 31.3 Å². The summed E-state index contributed by atoms with van der Waals surface area (Å²) in [5.41, 5.74) is 1.25. The van der Waals surface area contributed by atoms with Crippen molar-refractivity contribution in [2.24, 2.45) is 0 Å². The number of halogens is 1. The smallest absolute Gasteiger partial charge is 0.0441 e. The van der Waals surface area contributed by atoms with Gasteiger partial charge in [-0.15, -0.1) is 0 Å². The lowest BCUT2D eigenvalue weighted by atomic mass is 9.94. The van der Waals surface area contributed by atoms with Gasteiger partial charge in [0.1, 0.15) is 0 Å². The van der Waals surface area contributed by atoms with Gasteiger partial charge in [0.15, 0.2) is 0 Å². The maximum atomic E-state index is 6.19. The molecule has 0 aliphatic heterocycles. The van der Waals surface area contributed by atoms with Gasteiger partial charge in [-0.2, -0.15) is 0 Å². The highest BCUT2D eigenvalue weighted by Crippen LogP contribution is 2.28. The van der Waals surface area contributed by atoms with E-state index in [1.165, 1.54) is 18.4 Å². The lowest BCUT2D eigenvalue weighted by Gasteiger charge is -2.22. The lowest BCUT2D eigenvalue weighted by Crippen LogP contribution is -2.32. The van der Waals surface area contributed by atoms with Crippen LogP contribution in [0.15, 0.2) is 24.3 Å². The van der Waals surface area contributed by atoms with Crippen LogP contribution in [-0.2, 0) is 0 Å². The van der Waals surface area contributed by atoms with Gasteiger partial charge < -0.3 is 5.32 Å². The van der Waals surface area contributed by atoms with E-state index in [-0.39, 0.29) is 0 Å². The van der Waals surface area contributed by atoms with Crippen molar-refractivity contribution >= 4 is 11.6 Å². The molecular formula is C13H18ClN. The Labute approximate surface area is 96.8 Å². The summed E-state index contributed by atoms with van der Waals surface area (Å²) in [5, 5.41) is 4.50. The fourth-order valence-electron chi connectivity index (χ4n) is 1.88. The summed E-state index contributed by atoms with van der Waals surface area (Å²) in [6.45, 7) is 4.48. The first kappa shape index (κ1) is 11.0. The molecule has 1 aromatic rings. The van der Waals surface area contributed by atoms with Gasteiger partial charge in [0.25, 0.3) is 0 Å². The molecule has 82 valence electrons. The highest BCUT2D eigenvalue weighted by atomic mass is 35.5. The van der Waals surface area contributed by atoms with Gasteiger partial charge in [-0.25, -0.2) is 0 Å². The maximum Gasteiger partial charge on any atom is 0.0441 e. The van der Waals surface area contributed by atoms with Crippen molar-refractivity contribution in [3.05, 3.63) is 34.9 Å². The van der Waals surface area contributed by atoms with Crippen molar-refractivity contribution in [2.75, 3.05) is 0 Å². The third-order valence-corrected chi connectivity index (χ3v) is 3.57. The van der Waals surface area contributed by atoms with E-state index in [1.807, 2.05) is 12.1 Å². The van der Waals surface area contributed by atoms with Crippen LogP contribution in [0.5, 0.6) is 0 Å². The largest absolute Gasteiger partial charge is 0.311 e. The molecule has 0 radical (unpaired) electrons. The Morgan fingerprint density at radius 1 is 1.27 bits per heavy atom. The minimum absolute atomic E-state index is 0.472. The first-order valence-electron chi connectivity index (χ1n) is 5.69. The number of hydrogen-bond acceptors (Lipinski definition) is 1. The zero-order chi connectivity index (χ0) is 10.8. The molecular weight excluding hydrogens is 206 g/mol. The van der Waals surface area contributed by atoms with Crippen LogP contribution in [0.25, 0.3) is 0 Å². The van der Waals surface area contributed by atoms with Crippen molar-refractivity contribution in [2.45, 2.75) is 44.7 Å². The Bertz CT molecular complexity index is 333. The maximum absolute atomic E-state index is 6.19. The summed E-state index contributed by atoms with van der Waals surface area (Å²) < 4.78 is 0. The standard InChI is InChI=1S/C13H18ClN/c1-9(10(2)15-11-7-8-11)12-5-3-4-6-13(12)14/h3-6,9-11,15H,7-8H2,1-2H3. The predicted octanol–water partition coefficient (Wildman–Crippen LogP) is 3.58. The van der Waals surface area contributed by atoms with Crippen LogP contribution in [0.2, 0.25) is 5.02 Å². The molecule has 0 amide bonds. The molecule has 0 spiro atoms. The number of benzene rings is 1. The van der Waals surface area contributed by atoms with Crippen LogP contribution in [-0.4, -0.2) is 12.1 Å². The monoisotopic (exact) mass is 223 g/mol. The first-order chi connectivity index (χ1) is 7.18. The van der Waals surface area contributed by atoms with E-state index in [1.54, 1.807) is 0 Å². The van der Waals surface area contributed by atoms with Crippen LogP contribution in [0.4, 0.5) is 0 Å².